The van der Waals surface area contributed by atoms with Gasteiger partial charge >= 0.3 is 0 Å². The summed E-state index contributed by atoms with van der Waals surface area (Å²) < 4.78 is 0. The summed E-state index contributed by atoms with van der Waals surface area (Å²) in [5.74, 6) is 0.426. The van der Waals surface area contributed by atoms with Crippen molar-refractivity contribution in [1.29, 1.82) is 0 Å². The van der Waals surface area contributed by atoms with Gasteiger partial charge in [-0.2, -0.15) is 0 Å². The Hall–Kier alpha value is -1.77. The molecule has 1 aromatic carbocycles. The van der Waals surface area contributed by atoms with Crippen LogP contribution in [-0.2, 0) is 4.79 Å². The van der Waals surface area contributed by atoms with E-state index in [2.05, 4.69) is 23.6 Å². The molecule has 1 heterocycles. The molecule has 0 bridgehead atoms. The van der Waals surface area contributed by atoms with Gasteiger partial charge in [-0.25, -0.2) is 0 Å². The first kappa shape index (κ1) is 9.46. The summed E-state index contributed by atoms with van der Waals surface area (Å²) in [6.07, 6.45) is 5.31. The molecule has 2 atom stereocenters. The second-order valence-corrected chi connectivity index (χ2v) is 4.35. The number of anilines is 1. The zero-order valence-electron chi connectivity index (χ0n) is 9.18. The maximum Gasteiger partial charge on any atom is 0.238 e. The number of amides is 1. The molecule has 2 aliphatic rings. The largest absolute Gasteiger partial charge is 0.295 e. The van der Waals surface area contributed by atoms with Gasteiger partial charge in [0, 0.05) is 12.8 Å². The van der Waals surface area contributed by atoms with Gasteiger partial charge in [-0.1, -0.05) is 30.4 Å². The Morgan fingerprint density at radius 3 is 3.06 bits per heavy atom. The number of nitrogens with one attached hydrogen (secondary N) is 1. The Morgan fingerprint density at radius 1 is 1.44 bits per heavy atom. The minimum Gasteiger partial charge on any atom is -0.295 e. The van der Waals surface area contributed by atoms with Crippen LogP contribution in [0.3, 0.4) is 0 Å². The lowest BCUT2D eigenvalue weighted by atomic mass is 9.91. The zero-order valence-corrected chi connectivity index (χ0v) is 9.18. The number of rotatable bonds is 0. The molecule has 1 N–H and O–H groups in total. The van der Waals surface area contributed by atoms with Gasteiger partial charge in [-0.3, -0.25) is 15.2 Å². The highest BCUT2D eigenvalue weighted by atomic mass is 16.2. The van der Waals surface area contributed by atoms with Gasteiger partial charge in [0.25, 0.3) is 0 Å². The Kier molecular flexibility index (Phi) is 1.99. The number of carbonyl (C=O) groups is 1. The van der Waals surface area contributed by atoms with E-state index in [9.17, 15) is 4.79 Å². The van der Waals surface area contributed by atoms with Crippen molar-refractivity contribution < 1.29 is 4.79 Å². The molecule has 0 radical (unpaired) electrons. The number of benzene rings is 1. The van der Waals surface area contributed by atoms with E-state index < -0.39 is 0 Å². The molecule has 1 aliphatic heterocycles. The molecule has 3 rings (SSSR count). The van der Waals surface area contributed by atoms with Gasteiger partial charge in [0.1, 0.15) is 0 Å². The van der Waals surface area contributed by atoms with Crippen molar-refractivity contribution in [2.75, 3.05) is 5.43 Å². The van der Waals surface area contributed by atoms with Crippen molar-refractivity contribution in [3.63, 3.8) is 0 Å². The summed E-state index contributed by atoms with van der Waals surface area (Å²) in [7, 11) is 0. The highest BCUT2D eigenvalue weighted by Crippen LogP contribution is 2.40. The molecule has 0 saturated carbocycles. The maximum absolute atomic E-state index is 11.6. The summed E-state index contributed by atoms with van der Waals surface area (Å²) in [6.45, 7) is 1.61. The topological polar surface area (TPSA) is 32.3 Å². The van der Waals surface area contributed by atoms with Crippen LogP contribution < -0.4 is 5.43 Å². The second-order valence-electron chi connectivity index (χ2n) is 4.35. The second kappa shape index (κ2) is 3.37. The molecule has 82 valence electrons. The highest BCUT2D eigenvalue weighted by Gasteiger charge is 2.36. The van der Waals surface area contributed by atoms with Crippen molar-refractivity contribution in [3.05, 3.63) is 42.0 Å². The standard InChI is InChI=1S/C13H14N2O/c1-9(16)15-13-8-4-6-11(13)10-5-2-3-7-12(10)14-15/h2-7,11,13-14H,8H2,1H3/t11-,13-/m1/s1. The predicted molar refractivity (Wildman–Crippen MR) is 62.9 cm³/mol. The molecule has 1 aromatic rings. The van der Waals surface area contributed by atoms with Crippen LogP contribution in [0.25, 0.3) is 0 Å². The molecule has 16 heavy (non-hydrogen) atoms. The van der Waals surface area contributed by atoms with Crippen LogP contribution in [-0.4, -0.2) is 17.0 Å². The van der Waals surface area contributed by atoms with Crippen molar-refractivity contribution in [1.82, 2.24) is 5.01 Å². The van der Waals surface area contributed by atoms with E-state index in [1.807, 2.05) is 18.2 Å². The van der Waals surface area contributed by atoms with Crippen LogP contribution in [0.1, 0.15) is 24.8 Å². The minimum atomic E-state index is 0.0770. The number of hydrazine groups is 1. The third kappa shape index (κ3) is 1.24. The van der Waals surface area contributed by atoms with Crippen molar-refractivity contribution >= 4 is 11.6 Å². The molecule has 0 saturated heterocycles. The van der Waals surface area contributed by atoms with E-state index in [1.165, 1.54) is 5.56 Å². The van der Waals surface area contributed by atoms with E-state index >= 15 is 0 Å². The van der Waals surface area contributed by atoms with Gasteiger partial charge in [0.05, 0.1) is 11.7 Å². The molecule has 0 fully saturated rings. The monoisotopic (exact) mass is 214 g/mol. The van der Waals surface area contributed by atoms with Gasteiger partial charge in [-0.15, -0.1) is 0 Å². The van der Waals surface area contributed by atoms with E-state index in [0.717, 1.165) is 12.1 Å². The quantitative estimate of drug-likeness (QED) is 0.672. The molecular formula is C13H14N2O. The van der Waals surface area contributed by atoms with Gasteiger partial charge in [-0.05, 0) is 18.1 Å². The number of carbonyl (C=O) groups excluding carboxylic acids is 1. The molecule has 1 aliphatic carbocycles. The van der Waals surface area contributed by atoms with Gasteiger partial charge in [0.2, 0.25) is 5.91 Å². The Balaban J connectivity index is 2.08. The lowest BCUT2D eigenvalue weighted by molar-refractivity contribution is -0.129. The van der Waals surface area contributed by atoms with E-state index in [0.29, 0.717) is 5.92 Å². The first-order valence-corrected chi connectivity index (χ1v) is 5.59. The number of hydrogen-bond donors (Lipinski definition) is 1. The molecular weight excluding hydrogens is 200 g/mol. The number of nitrogens with zero attached hydrogens (tertiary/aromatic N) is 1. The fourth-order valence-electron chi connectivity index (χ4n) is 2.63. The minimum absolute atomic E-state index is 0.0770. The first-order chi connectivity index (χ1) is 7.77. The number of para-hydroxylation sites is 1. The normalized spacial score (nSPS) is 25.9. The molecule has 3 nitrogen and oxygen atoms in total. The van der Waals surface area contributed by atoms with Gasteiger partial charge in [0.15, 0.2) is 0 Å². The van der Waals surface area contributed by atoms with E-state index in [4.69, 9.17) is 0 Å². The fraction of sp³-hybridized carbons (Fsp3) is 0.308. The van der Waals surface area contributed by atoms with Crippen LogP contribution in [0.15, 0.2) is 36.4 Å². The van der Waals surface area contributed by atoms with Gasteiger partial charge < -0.3 is 0 Å². The average molecular weight is 214 g/mol. The van der Waals surface area contributed by atoms with Crippen molar-refractivity contribution in [2.45, 2.75) is 25.3 Å². The van der Waals surface area contributed by atoms with E-state index in [1.54, 1.807) is 11.9 Å². The lowest BCUT2D eigenvalue weighted by Gasteiger charge is -2.39. The SMILES string of the molecule is CC(=O)N1Nc2ccccc2[C@H]2C=CC[C@H]21. The third-order valence-electron chi connectivity index (χ3n) is 3.37. The summed E-state index contributed by atoms with van der Waals surface area (Å²) in [5.41, 5.74) is 5.55. The van der Waals surface area contributed by atoms with Crippen LogP contribution >= 0.6 is 0 Å². The summed E-state index contributed by atoms with van der Waals surface area (Å²) in [5, 5.41) is 1.76. The molecule has 0 spiro atoms. The number of fused-ring (bicyclic) bond motifs is 3. The summed E-state index contributed by atoms with van der Waals surface area (Å²) in [6, 6.07) is 8.43. The third-order valence-corrected chi connectivity index (χ3v) is 3.37. The molecule has 0 unspecified atom stereocenters. The Bertz CT molecular complexity index is 467. The van der Waals surface area contributed by atoms with Crippen LogP contribution in [0, 0.1) is 0 Å². The average Bonchev–Trinajstić information content (AvgIpc) is 2.76. The highest BCUT2D eigenvalue weighted by molar-refractivity contribution is 5.77. The smallest absolute Gasteiger partial charge is 0.238 e. The Labute approximate surface area is 94.7 Å². The zero-order chi connectivity index (χ0) is 11.1. The lowest BCUT2D eigenvalue weighted by Crippen LogP contribution is -2.47. The van der Waals surface area contributed by atoms with Crippen LogP contribution in [0.4, 0.5) is 5.69 Å². The van der Waals surface area contributed by atoms with Crippen molar-refractivity contribution in [3.8, 4) is 0 Å². The van der Waals surface area contributed by atoms with Crippen LogP contribution in [0.2, 0.25) is 0 Å². The van der Waals surface area contributed by atoms with Crippen molar-refractivity contribution in [2.24, 2.45) is 0 Å². The summed E-state index contributed by atoms with van der Waals surface area (Å²) >= 11 is 0. The summed E-state index contributed by atoms with van der Waals surface area (Å²) in [4.78, 5) is 11.6. The van der Waals surface area contributed by atoms with Crippen LogP contribution in [0.5, 0.6) is 0 Å². The van der Waals surface area contributed by atoms with E-state index in [-0.39, 0.29) is 11.9 Å². The molecule has 0 aromatic heterocycles. The fourth-order valence-corrected chi connectivity index (χ4v) is 2.63. The molecule has 1 amide bonds. The predicted octanol–water partition coefficient (Wildman–Crippen LogP) is 2.29. The Morgan fingerprint density at radius 2 is 2.25 bits per heavy atom. The first-order valence-electron chi connectivity index (χ1n) is 5.59. The number of hydrogen-bond acceptors (Lipinski definition) is 2. The molecule has 3 heteroatoms. The maximum atomic E-state index is 11.6.